The van der Waals surface area contributed by atoms with Gasteiger partial charge < -0.3 is 15.7 Å². The second kappa shape index (κ2) is 8.93. The van der Waals surface area contributed by atoms with Gasteiger partial charge in [0.15, 0.2) is 0 Å². The highest BCUT2D eigenvalue weighted by Gasteiger charge is 2.24. The van der Waals surface area contributed by atoms with Crippen LogP contribution in [0.2, 0.25) is 0 Å². The highest BCUT2D eigenvalue weighted by Crippen LogP contribution is 2.20. The number of halogens is 1. The summed E-state index contributed by atoms with van der Waals surface area (Å²) in [6, 6.07) is 9.60. The molecule has 1 aromatic carbocycles. The molecular formula is C21H24FN3O3. The lowest BCUT2D eigenvalue weighted by Gasteiger charge is -2.30. The third-order valence-corrected chi connectivity index (χ3v) is 4.93. The molecule has 0 unspecified atom stereocenters. The zero-order valence-corrected chi connectivity index (χ0v) is 15.7. The zero-order chi connectivity index (χ0) is 20.1. The number of pyridine rings is 1. The van der Waals surface area contributed by atoms with Gasteiger partial charge in [-0.1, -0.05) is 12.1 Å². The number of carbonyl (C=O) groups is 2. The largest absolute Gasteiger partial charge is 0.384 e. The van der Waals surface area contributed by atoms with Crippen LogP contribution in [0.3, 0.4) is 0 Å². The Bertz CT molecular complexity index is 831. The van der Waals surface area contributed by atoms with Crippen molar-refractivity contribution in [2.45, 2.75) is 50.8 Å². The van der Waals surface area contributed by atoms with Crippen molar-refractivity contribution in [2.75, 3.05) is 0 Å². The van der Waals surface area contributed by atoms with Gasteiger partial charge in [-0.2, -0.15) is 0 Å². The lowest BCUT2D eigenvalue weighted by molar-refractivity contribution is -0.129. The number of aliphatic hydroxyl groups is 1. The number of rotatable bonds is 5. The van der Waals surface area contributed by atoms with E-state index in [2.05, 4.69) is 15.6 Å². The summed E-state index contributed by atoms with van der Waals surface area (Å²) in [4.78, 5) is 28.3. The molecule has 1 fully saturated rings. The van der Waals surface area contributed by atoms with Crippen molar-refractivity contribution in [1.82, 2.24) is 15.6 Å². The second-order valence-electron chi connectivity index (χ2n) is 7.15. The highest BCUT2D eigenvalue weighted by atomic mass is 19.1. The maximum absolute atomic E-state index is 13.3. The molecule has 7 heteroatoms. The molecule has 0 saturated heterocycles. The monoisotopic (exact) mass is 385 g/mol. The van der Waals surface area contributed by atoms with Gasteiger partial charge in [0, 0.05) is 23.8 Å². The Kier molecular flexibility index (Phi) is 6.36. The summed E-state index contributed by atoms with van der Waals surface area (Å²) in [6.07, 6.45) is 3.49. The van der Waals surface area contributed by atoms with Gasteiger partial charge >= 0.3 is 0 Å². The van der Waals surface area contributed by atoms with Crippen molar-refractivity contribution in [3.05, 3.63) is 54.0 Å². The van der Waals surface area contributed by atoms with Crippen LogP contribution in [0.1, 0.15) is 43.0 Å². The number of hydrogen-bond acceptors (Lipinski definition) is 4. The smallest absolute Gasteiger partial charge is 0.253 e. The molecular weight excluding hydrogens is 361 g/mol. The van der Waals surface area contributed by atoms with Crippen LogP contribution in [0.5, 0.6) is 0 Å². The molecule has 3 rings (SSSR count). The fourth-order valence-electron chi connectivity index (χ4n) is 3.32. The van der Waals surface area contributed by atoms with Crippen molar-refractivity contribution in [2.24, 2.45) is 0 Å². The van der Waals surface area contributed by atoms with Crippen LogP contribution >= 0.6 is 0 Å². The van der Waals surface area contributed by atoms with E-state index < -0.39 is 6.10 Å². The number of benzene rings is 1. The Hall–Kier alpha value is -2.80. The summed E-state index contributed by atoms with van der Waals surface area (Å²) in [5, 5.41) is 15.1. The minimum Gasteiger partial charge on any atom is -0.384 e. The van der Waals surface area contributed by atoms with E-state index in [4.69, 9.17) is 0 Å². The summed E-state index contributed by atoms with van der Waals surface area (Å²) in [6.45, 7) is 1.44. The lowest BCUT2D eigenvalue weighted by atomic mass is 9.91. The van der Waals surface area contributed by atoms with Crippen LogP contribution in [-0.2, 0) is 4.79 Å². The van der Waals surface area contributed by atoms with Crippen molar-refractivity contribution in [1.29, 1.82) is 0 Å². The highest BCUT2D eigenvalue weighted by molar-refractivity contribution is 5.94. The minimum atomic E-state index is -1.01. The third-order valence-electron chi connectivity index (χ3n) is 4.93. The van der Waals surface area contributed by atoms with E-state index in [0.717, 1.165) is 25.7 Å². The number of hydrogen-bond donors (Lipinski definition) is 3. The van der Waals surface area contributed by atoms with Crippen LogP contribution in [0.25, 0.3) is 11.3 Å². The molecule has 1 aliphatic rings. The standard InChI is InChI=1S/C21H24FN3O3/c1-13(26)20(27)24-17-6-8-18(9-7-17)25-21(28)15-5-10-19(23-12-15)14-3-2-4-16(22)11-14/h2-5,10-13,17-18,26H,6-9H2,1H3,(H,24,27)(H,25,28)/t13-,17-,18-/m0/s1. The van der Waals surface area contributed by atoms with E-state index >= 15 is 0 Å². The van der Waals surface area contributed by atoms with Gasteiger partial charge in [-0.05, 0) is 56.9 Å². The Morgan fingerprint density at radius 1 is 1.11 bits per heavy atom. The number of aliphatic hydroxyl groups excluding tert-OH is 1. The minimum absolute atomic E-state index is 0.0301. The Labute approximate surface area is 163 Å². The molecule has 0 radical (unpaired) electrons. The molecule has 1 aromatic heterocycles. The molecule has 0 bridgehead atoms. The normalized spacial score (nSPS) is 20.2. The van der Waals surface area contributed by atoms with Gasteiger partial charge in [0.25, 0.3) is 5.91 Å². The fraction of sp³-hybridized carbons (Fsp3) is 0.381. The molecule has 1 saturated carbocycles. The maximum Gasteiger partial charge on any atom is 0.253 e. The van der Waals surface area contributed by atoms with Gasteiger partial charge in [0.2, 0.25) is 5.91 Å². The molecule has 1 heterocycles. The fourth-order valence-corrected chi connectivity index (χ4v) is 3.32. The average molecular weight is 385 g/mol. The SMILES string of the molecule is C[C@H](O)C(=O)N[C@H]1CC[C@H](NC(=O)c2ccc(-c3cccc(F)c3)nc2)CC1. The summed E-state index contributed by atoms with van der Waals surface area (Å²) in [5.41, 5.74) is 1.71. The molecule has 0 aliphatic heterocycles. The molecule has 2 amide bonds. The third kappa shape index (κ3) is 5.13. The van der Waals surface area contributed by atoms with E-state index in [-0.39, 0.29) is 29.7 Å². The number of amides is 2. The van der Waals surface area contributed by atoms with Gasteiger partial charge in [-0.25, -0.2) is 4.39 Å². The average Bonchev–Trinajstić information content (AvgIpc) is 2.69. The van der Waals surface area contributed by atoms with E-state index in [1.807, 2.05) is 0 Å². The van der Waals surface area contributed by atoms with Crippen molar-refractivity contribution < 1.29 is 19.1 Å². The molecule has 1 atom stereocenters. The Morgan fingerprint density at radius 2 is 1.79 bits per heavy atom. The summed E-state index contributed by atoms with van der Waals surface area (Å²) < 4.78 is 13.3. The molecule has 28 heavy (non-hydrogen) atoms. The van der Waals surface area contributed by atoms with Crippen LogP contribution in [0.15, 0.2) is 42.6 Å². The summed E-state index contributed by atoms with van der Waals surface area (Å²) in [7, 11) is 0. The molecule has 1 aliphatic carbocycles. The number of aromatic nitrogens is 1. The van der Waals surface area contributed by atoms with Crippen LogP contribution < -0.4 is 10.6 Å². The first-order valence-corrected chi connectivity index (χ1v) is 9.43. The van der Waals surface area contributed by atoms with Gasteiger partial charge in [0.05, 0.1) is 11.3 Å². The molecule has 2 aromatic rings. The summed E-state index contributed by atoms with van der Waals surface area (Å²) >= 11 is 0. The molecule has 148 valence electrons. The van der Waals surface area contributed by atoms with Crippen molar-refractivity contribution in [3.8, 4) is 11.3 Å². The topological polar surface area (TPSA) is 91.3 Å². The predicted octanol–water partition coefficient (Wildman–Crippen LogP) is 2.43. The van der Waals surface area contributed by atoms with E-state index in [9.17, 15) is 19.1 Å². The van der Waals surface area contributed by atoms with Crippen LogP contribution in [-0.4, -0.2) is 40.1 Å². The van der Waals surface area contributed by atoms with Gasteiger partial charge in [0.1, 0.15) is 11.9 Å². The van der Waals surface area contributed by atoms with E-state index in [1.165, 1.54) is 25.3 Å². The zero-order valence-electron chi connectivity index (χ0n) is 15.7. The first-order valence-electron chi connectivity index (χ1n) is 9.43. The lowest BCUT2D eigenvalue weighted by Crippen LogP contribution is -2.45. The first kappa shape index (κ1) is 19.9. The molecule has 3 N–H and O–H groups in total. The maximum atomic E-state index is 13.3. The summed E-state index contributed by atoms with van der Waals surface area (Å²) in [5.74, 6) is -0.895. The number of carbonyl (C=O) groups excluding carboxylic acids is 2. The Balaban J connectivity index is 1.52. The number of nitrogens with one attached hydrogen (secondary N) is 2. The Morgan fingerprint density at radius 3 is 2.36 bits per heavy atom. The molecule has 6 nitrogen and oxygen atoms in total. The van der Waals surface area contributed by atoms with E-state index in [1.54, 1.807) is 24.3 Å². The van der Waals surface area contributed by atoms with Gasteiger partial charge in [-0.15, -0.1) is 0 Å². The number of nitrogens with zero attached hydrogens (tertiary/aromatic N) is 1. The van der Waals surface area contributed by atoms with Crippen molar-refractivity contribution in [3.63, 3.8) is 0 Å². The van der Waals surface area contributed by atoms with E-state index in [0.29, 0.717) is 16.8 Å². The first-order chi connectivity index (χ1) is 13.4. The molecule has 0 spiro atoms. The second-order valence-corrected chi connectivity index (χ2v) is 7.15. The van der Waals surface area contributed by atoms with Crippen molar-refractivity contribution >= 4 is 11.8 Å². The predicted molar refractivity (Wildman–Crippen MR) is 103 cm³/mol. The quantitative estimate of drug-likeness (QED) is 0.737. The van der Waals surface area contributed by atoms with Gasteiger partial charge in [-0.3, -0.25) is 14.6 Å². The van der Waals surface area contributed by atoms with Crippen LogP contribution in [0.4, 0.5) is 4.39 Å². The van der Waals surface area contributed by atoms with Crippen LogP contribution in [0, 0.1) is 5.82 Å².